The predicted octanol–water partition coefficient (Wildman–Crippen LogP) is 3.60. The zero-order valence-corrected chi connectivity index (χ0v) is 21.1. The molecule has 1 fully saturated rings. The zero-order chi connectivity index (χ0) is 24.2. The Morgan fingerprint density at radius 2 is 1.69 bits per heavy atom. The predicted molar refractivity (Wildman–Crippen MR) is 120 cm³/mol. The number of nitrogens with zero attached hydrogens (tertiary/aromatic N) is 2. The lowest BCUT2D eigenvalue weighted by Crippen LogP contribution is -2.55. The molecule has 180 valence electrons. The van der Waals surface area contributed by atoms with E-state index in [4.69, 9.17) is 14.0 Å². The van der Waals surface area contributed by atoms with Gasteiger partial charge in [0.1, 0.15) is 15.8 Å². The van der Waals surface area contributed by atoms with Crippen molar-refractivity contribution in [3.63, 3.8) is 0 Å². The molecule has 3 amide bonds. The molecule has 0 bridgehead atoms. The maximum absolute atomic E-state index is 13.2. The molecule has 32 heavy (non-hydrogen) atoms. The van der Waals surface area contributed by atoms with Crippen molar-refractivity contribution >= 4 is 34.0 Å². The number of alkyl carbamates (subject to hydrolysis) is 1. The molecule has 0 atom stereocenters. The molecule has 0 unspecified atom stereocenters. The molecular weight excluding hydrogens is 484 g/mol. The van der Waals surface area contributed by atoms with Gasteiger partial charge in [-0.15, -0.1) is 0 Å². The lowest BCUT2D eigenvalue weighted by Gasteiger charge is -2.40. The van der Waals surface area contributed by atoms with Crippen molar-refractivity contribution in [1.82, 2.24) is 20.7 Å². The first-order chi connectivity index (χ1) is 14.7. The fraction of sp³-hybridized carbons (Fsp3) is 0.714. The van der Waals surface area contributed by atoms with E-state index in [1.165, 1.54) is 0 Å². The van der Waals surface area contributed by atoms with Crippen LogP contribution in [-0.2, 0) is 20.8 Å². The van der Waals surface area contributed by atoms with Gasteiger partial charge in [-0.05, 0) is 70.3 Å². The highest BCUT2D eigenvalue weighted by Crippen LogP contribution is 2.32. The number of aromatic nitrogens is 1. The van der Waals surface area contributed by atoms with Crippen molar-refractivity contribution < 1.29 is 28.4 Å². The summed E-state index contributed by atoms with van der Waals surface area (Å²) in [5.74, 6) is 0.247. The minimum absolute atomic E-state index is 0.0794. The second kappa shape index (κ2) is 10.1. The quantitative estimate of drug-likeness (QED) is 0.612. The Balaban J connectivity index is 2.06. The van der Waals surface area contributed by atoms with Crippen molar-refractivity contribution in [1.29, 1.82) is 0 Å². The standard InChI is InChI=1S/C21H33BrN4O6/c1-19(2,3)30-17(28)24-13-21(16(27)23-12-14-11-15(22)25-32-14)7-9-26(10-8-21)18(29)31-20(4,5)6/h11H,7-10,12-13H2,1-6H3,(H,23,27)(H,24,28). The summed E-state index contributed by atoms with van der Waals surface area (Å²) >= 11 is 3.20. The molecule has 1 aliphatic heterocycles. The maximum Gasteiger partial charge on any atom is 0.410 e. The molecule has 1 aromatic rings. The first kappa shape index (κ1) is 26.0. The number of hydrogen-bond donors (Lipinski definition) is 2. The Kier molecular flexibility index (Phi) is 8.19. The van der Waals surface area contributed by atoms with Gasteiger partial charge in [-0.2, -0.15) is 0 Å². The van der Waals surface area contributed by atoms with Crippen LogP contribution in [0.5, 0.6) is 0 Å². The normalized spacial score (nSPS) is 16.3. The van der Waals surface area contributed by atoms with E-state index < -0.39 is 28.8 Å². The lowest BCUT2D eigenvalue weighted by molar-refractivity contribution is -0.134. The summed E-state index contributed by atoms with van der Waals surface area (Å²) in [6, 6.07) is 1.66. The summed E-state index contributed by atoms with van der Waals surface area (Å²) in [4.78, 5) is 39.4. The number of likely N-dealkylation sites (tertiary alicyclic amines) is 1. The average molecular weight is 517 g/mol. The second-order valence-electron chi connectivity index (χ2n) is 9.90. The van der Waals surface area contributed by atoms with Crippen LogP contribution in [0.3, 0.4) is 0 Å². The Morgan fingerprint density at radius 1 is 1.09 bits per heavy atom. The number of nitrogens with one attached hydrogen (secondary N) is 2. The van der Waals surface area contributed by atoms with Gasteiger partial charge in [-0.3, -0.25) is 4.79 Å². The van der Waals surface area contributed by atoms with Crippen molar-refractivity contribution in [2.75, 3.05) is 19.6 Å². The van der Waals surface area contributed by atoms with Gasteiger partial charge in [0, 0.05) is 25.7 Å². The summed E-state index contributed by atoms with van der Waals surface area (Å²) < 4.78 is 16.4. The monoisotopic (exact) mass is 516 g/mol. The minimum Gasteiger partial charge on any atom is -0.444 e. The van der Waals surface area contributed by atoms with Crippen LogP contribution < -0.4 is 10.6 Å². The van der Waals surface area contributed by atoms with Gasteiger partial charge in [0.25, 0.3) is 0 Å². The highest BCUT2D eigenvalue weighted by atomic mass is 79.9. The van der Waals surface area contributed by atoms with Crippen molar-refractivity contribution in [3.05, 3.63) is 16.4 Å². The van der Waals surface area contributed by atoms with E-state index in [0.717, 1.165) is 0 Å². The number of carbonyl (C=O) groups excluding carboxylic acids is 3. The van der Waals surface area contributed by atoms with E-state index in [-0.39, 0.29) is 19.0 Å². The van der Waals surface area contributed by atoms with Gasteiger partial charge < -0.3 is 29.5 Å². The minimum atomic E-state index is -0.910. The highest BCUT2D eigenvalue weighted by molar-refractivity contribution is 9.10. The van der Waals surface area contributed by atoms with E-state index in [1.807, 2.05) is 0 Å². The largest absolute Gasteiger partial charge is 0.444 e. The molecule has 1 aromatic heterocycles. The number of carbonyl (C=O) groups is 3. The molecule has 0 radical (unpaired) electrons. The van der Waals surface area contributed by atoms with E-state index in [1.54, 1.807) is 52.5 Å². The third-order valence-corrected chi connectivity index (χ3v) is 5.15. The first-order valence-corrected chi connectivity index (χ1v) is 11.3. The van der Waals surface area contributed by atoms with Crippen LogP contribution in [0.25, 0.3) is 0 Å². The van der Waals surface area contributed by atoms with Crippen molar-refractivity contribution in [3.8, 4) is 0 Å². The third kappa shape index (κ3) is 7.99. The number of halogens is 1. The van der Waals surface area contributed by atoms with Gasteiger partial charge >= 0.3 is 12.2 Å². The summed E-state index contributed by atoms with van der Waals surface area (Å²) in [5, 5.41) is 9.31. The molecule has 0 spiro atoms. The maximum atomic E-state index is 13.2. The van der Waals surface area contributed by atoms with Crippen LogP contribution in [0.2, 0.25) is 0 Å². The molecular formula is C21H33BrN4O6. The van der Waals surface area contributed by atoms with E-state index in [2.05, 4.69) is 31.7 Å². The average Bonchev–Trinajstić information content (AvgIpc) is 3.07. The first-order valence-electron chi connectivity index (χ1n) is 10.5. The summed E-state index contributed by atoms with van der Waals surface area (Å²) in [6.07, 6.45) is -0.307. The number of ether oxygens (including phenoxy) is 2. The fourth-order valence-electron chi connectivity index (χ4n) is 3.21. The molecule has 2 N–H and O–H groups in total. The van der Waals surface area contributed by atoms with Crippen LogP contribution in [0.15, 0.2) is 15.2 Å². The Labute approximate surface area is 196 Å². The molecule has 1 saturated heterocycles. The highest BCUT2D eigenvalue weighted by Gasteiger charge is 2.43. The summed E-state index contributed by atoms with van der Waals surface area (Å²) in [6.45, 7) is 11.6. The molecule has 2 rings (SSSR count). The molecule has 11 heteroatoms. The van der Waals surface area contributed by atoms with Gasteiger partial charge in [0.2, 0.25) is 5.91 Å². The Bertz CT molecular complexity index is 819. The Morgan fingerprint density at radius 3 is 2.19 bits per heavy atom. The molecule has 0 aliphatic carbocycles. The topological polar surface area (TPSA) is 123 Å². The van der Waals surface area contributed by atoms with Gasteiger partial charge in [0.05, 0.1) is 12.0 Å². The van der Waals surface area contributed by atoms with Gasteiger partial charge in [-0.1, -0.05) is 5.16 Å². The molecule has 10 nitrogen and oxygen atoms in total. The SMILES string of the molecule is CC(C)(C)OC(=O)NCC1(C(=O)NCc2cc(Br)no2)CCN(C(=O)OC(C)(C)C)CC1. The number of piperidine rings is 1. The van der Waals surface area contributed by atoms with Crippen LogP contribution in [0.4, 0.5) is 9.59 Å². The van der Waals surface area contributed by atoms with Crippen molar-refractivity contribution in [2.24, 2.45) is 5.41 Å². The van der Waals surface area contributed by atoms with E-state index in [9.17, 15) is 14.4 Å². The molecule has 1 aliphatic rings. The lowest BCUT2D eigenvalue weighted by atomic mass is 9.77. The van der Waals surface area contributed by atoms with Crippen LogP contribution >= 0.6 is 15.9 Å². The van der Waals surface area contributed by atoms with Gasteiger partial charge in [-0.25, -0.2) is 9.59 Å². The summed E-state index contributed by atoms with van der Waals surface area (Å²) in [7, 11) is 0. The summed E-state index contributed by atoms with van der Waals surface area (Å²) in [5.41, 5.74) is -2.17. The number of hydrogen-bond acceptors (Lipinski definition) is 7. The Hall–Kier alpha value is -2.30. The molecule has 0 saturated carbocycles. The van der Waals surface area contributed by atoms with Crippen LogP contribution in [0, 0.1) is 5.41 Å². The zero-order valence-electron chi connectivity index (χ0n) is 19.5. The van der Waals surface area contributed by atoms with Crippen molar-refractivity contribution in [2.45, 2.75) is 72.1 Å². The fourth-order valence-corrected chi connectivity index (χ4v) is 3.54. The number of amides is 3. The van der Waals surface area contributed by atoms with Crippen LogP contribution in [0.1, 0.15) is 60.1 Å². The third-order valence-electron chi connectivity index (χ3n) is 4.78. The number of rotatable bonds is 5. The smallest absolute Gasteiger partial charge is 0.410 e. The van der Waals surface area contributed by atoms with Crippen LogP contribution in [-0.4, -0.2) is 59.0 Å². The van der Waals surface area contributed by atoms with E-state index >= 15 is 0 Å². The molecule has 0 aromatic carbocycles. The van der Waals surface area contributed by atoms with E-state index in [0.29, 0.717) is 36.3 Å². The molecule has 2 heterocycles. The van der Waals surface area contributed by atoms with Gasteiger partial charge in [0.15, 0.2) is 5.76 Å². The second-order valence-corrected chi connectivity index (χ2v) is 10.7.